The molecule has 2 aromatic rings. The number of carboxylic acids is 1. The highest BCUT2D eigenvalue weighted by Gasteiger charge is 2.32. The zero-order chi connectivity index (χ0) is 18.0. The highest BCUT2D eigenvalue weighted by Crippen LogP contribution is 2.38. The van der Waals surface area contributed by atoms with Crippen LogP contribution in [0, 0.1) is 0 Å². The fourth-order valence-corrected chi connectivity index (χ4v) is 2.75. The third-order valence-electron chi connectivity index (χ3n) is 3.93. The van der Waals surface area contributed by atoms with Crippen molar-refractivity contribution in [3.8, 4) is 11.5 Å². The number of carboxylic acid groups (broad SMARTS) is 1. The summed E-state index contributed by atoms with van der Waals surface area (Å²) >= 11 is 0. The highest BCUT2D eigenvalue weighted by molar-refractivity contribution is 6.59. The van der Waals surface area contributed by atoms with E-state index in [0.717, 1.165) is 13.0 Å². The lowest BCUT2D eigenvalue weighted by Gasteiger charge is -2.37. The second-order valence-electron chi connectivity index (χ2n) is 6.01. The summed E-state index contributed by atoms with van der Waals surface area (Å²) in [5.41, 5.74) is 0.929. The summed E-state index contributed by atoms with van der Waals surface area (Å²) < 4.78 is 12.4. The van der Waals surface area contributed by atoms with E-state index in [4.69, 9.17) is 9.39 Å². The fraction of sp³-hybridized carbons (Fsp3) is 0.400. The zero-order valence-corrected chi connectivity index (χ0v) is 13.8. The van der Waals surface area contributed by atoms with Crippen LogP contribution in [0.3, 0.4) is 0 Å². The van der Waals surface area contributed by atoms with Gasteiger partial charge in [-0.15, -0.1) is 5.10 Å². The summed E-state index contributed by atoms with van der Waals surface area (Å²) in [4.78, 5) is 11.7. The van der Waals surface area contributed by atoms with Crippen LogP contribution in [0.5, 0.6) is 11.5 Å². The lowest BCUT2D eigenvalue weighted by Crippen LogP contribution is -2.45. The van der Waals surface area contributed by atoms with Crippen LogP contribution in [0.25, 0.3) is 0 Å². The Morgan fingerprint density at radius 2 is 2.24 bits per heavy atom. The Morgan fingerprint density at radius 1 is 1.44 bits per heavy atom. The number of hydrogen-bond donors (Lipinski definition) is 3. The summed E-state index contributed by atoms with van der Waals surface area (Å²) in [6.07, 6.45) is 2.98. The van der Waals surface area contributed by atoms with Gasteiger partial charge in [0.15, 0.2) is 0 Å². The number of fused-ring (bicyclic) bond motifs is 1. The quantitative estimate of drug-likeness (QED) is 0.655. The fourth-order valence-electron chi connectivity index (χ4n) is 2.75. The van der Waals surface area contributed by atoms with E-state index >= 15 is 0 Å². The lowest BCUT2D eigenvalue weighted by atomic mass is 9.70. The molecule has 9 nitrogen and oxygen atoms in total. The van der Waals surface area contributed by atoms with Crippen molar-refractivity contribution in [3.05, 3.63) is 35.2 Å². The second kappa shape index (κ2) is 6.73. The van der Waals surface area contributed by atoms with Gasteiger partial charge in [0, 0.05) is 6.54 Å². The van der Waals surface area contributed by atoms with Crippen LogP contribution in [-0.2, 0) is 19.6 Å². The monoisotopic (exact) mass is 348 g/mol. The van der Waals surface area contributed by atoms with E-state index in [0.29, 0.717) is 17.7 Å². The van der Waals surface area contributed by atoms with Crippen molar-refractivity contribution in [2.75, 3.05) is 0 Å². The Balaban J connectivity index is 1.84. The average molecular weight is 348 g/mol. The largest absolute Gasteiger partial charge is 0.669 e. The van der Waals surface area contributed by atoms with Gasteiger partial charge in [-0.3, -0.25) is 4.68 Å². The molecular weight excluding hydrogens is 329 g/mol. The molecule has 0 atom stereocenters. The van der Waals surface area contributed by atoms with Crippen molar-refractivity contribution in [1.82, 2.24) is 15.0 Å². The number of aryl methyl sites for hydroxylation is 2. The number of nitrogens with zero attached hydrogens (tertiary/aromatic N) is 3. The first-order valence-electron chi connectivity index (χ1n) is 8.10. The molecule has 0 spiro atoms. The van der Waals surface area contributed by atoms with Gasteiger partial charge >= 0.3 is 12.7 Å². The minimum absolute atomic E-state index is 0.0206. The van der Waals surface area contributed by atoms with E-state index in [2.05, 4.69) is 10.3 Å². The van der Waals surface area contributed by atoms with Crippen molar-refractivity contribution in [2.24, 2.45) is 0 Å². The molecule has 0 amide bonds. The number of rotatable bonds is 6. The van der Waals surface area contributed by atoms with Crippen LogP contribution in [0.2, 0.25) is 6.32 Å². The number of hydrogen-bond acceptors (Lipinski definition) is 7. The molecule has 1 aliphatic rings. The first-order valence-corrected chi connectivity index (χ1v) is 8.10. The minimum atomic E-state index is -3.06. The highest BCUT2D eigenvalue weighted by atomic mass is 16.6. The van der Waals surface area contributed by atoms with Crippen molar-refractivity contribution in [1.29, 1.82) is 0 Å². The smallest absolute Gasteiger partial charge is 0.430 e. The van der Waals surface area contributed by atoms with Gasteiger partial charge in [0.1, 0.15) is 23.6 Å². The molecule has 0 fully saturated rings. The van der Waals surface area contributed by atoms with E-state index in [9.17, 15) is 19.9 Å². The second-order valence-corrected chi connectivity index (χ2v) is 6.01. The standard InChI is InChI=1S/C15H19BN3O6/c1-2-7-19-8-11(17-18-19)9-24-12-4-3-10-5-6-16(22,23)25-14(10)13(12)15(20)21/h3-4,8,22-23H,2,5-7,9H2,1H3,(H,20,21)/q-1. The molecule has 1 aromatic heterocycles. The first-order chi connectivity index (χ1) is 11.9. The van der Waals surface area contributed by atoms with Gasteiger partial charge in [0.25, 0.3) is 0 Å². The van der Waals surface area contributed by atoms with Gasteiger partial charge in [0.2, 0.25) is 0 Å². The van der Waals surface area contributed by atoms with Crippen LogP contribution >= 0.6 is 0 Å². The molecule has 3 N–H and O–H groups in total. The van der Waals surface area contributed by atoms with Gasteiger partial charge in [-0.2, -0.15) is 0 Å². The zero-order valence-electron chi connectivity index (χ0n) is 13.8. The van der Waals surface area contributed by atoms with E-state index in [1.807, 2.05) is 6.92 Å². The van der Waals surface area contributed by atoms with E-state index in [1.165, 1.54) is 6.07 Å². The van der Waals surface area contributed by atoms with Crippen molar-refractivity contribution in [2.45, 2.75) is 39.2 Å². The third-order valence-corrected chi connectivity index (χ3v) is 3.93. The molecule has 0 saturated carbocycles. The summed E-state index contributed by atoms with van der Waals surface area (Å²) in [7, 11) is 0. The first kappa shape index (κ1) is 17.2. The number of ether oxygens (including phenoxy) is 1. The van der Waals surface area contributed by atoms with Crippen LogP contribution in [0.1, 0.15) is 35.0 Å². The van der Waals surface area contributed by atoms with Crippen molar-refractivity contribution in [3.63, 3.8) is 0 Å². The molecule has 0 bridgehead atoms. The average Bonchev–Trinajstić information content (AvgIpc) is 2.99. The Bertz CT molecular complexity index is 792. The topological polar surface area (TPSA) is 127 Å². The number of aromatic nitrogens is 3. The molecule has 3 rings (SSSR count). The predicted molar refractivity (Wildman–Crippen MR) is 87.4 cm³/mol. The Kier molecular flexibility index (Phi) is 4.64. The normalized spacial score (nSPS) is 15.3. The number of carbonyl (C=O) groups is 1. The minimum Gasteiger partial charge on any atom is -0.669 e. The molecular formula is C15H19BN3O6-. The molecule has 0 radical (unpaired) electrons. The third kappa shape index (κ3) is 3.75. The van der Waals surface area contributed by atoms with Crippen molar-refractivity contribution < 1.29 is 29.3 Å². The number of benzene rings is 1. The molecule has 2 heterocycles. The van der Waals surface area contributed by atoms with Gasteiger partial charge in [0.05, 0.1) is 11.9 Å². The summed E-state index contributed by atoms with van der Waals surface area (Å²) in [6.45, 7) is -0.266. The van der Waals surface area contributed by atoms with Crippen LogP contribution in [0.4, 0.5) is 0 Å². The molecule has 10 heteroatoms. The SMILES string of the molecule is CCCn1cc(COc2ccc3c(c2C(=O)O)O[B-](O)(O)CC3)nn1. The molecule has 1 aliphatic heterocycles. The summed E-state index contributed by atoms with van der Waals surface area (Å²) in [5, 5.41) is 36.9. The maximum Gasteiger partial charge on any atom is 0.430 e. The van der Waals surface area contributed by atoms with Crippen LogP contribution < -0.4 is 9.39 Å². The maximum atomic E-state index is 11.7. The lowest BCUT2D eigenvalue weighted by molar-refractivity contribution is 0.0687. The molecule has 1 aromatic carbocycles. The predicted octanol–water partition coefficient (Wildman–Crippen LogP) is 0.824. The van der Waals surface area contributed by atoms with Gasteiger partial charge < -0.3 is 24.5 Å². The molecule has 0 saturated heterocycles. The van der Waals surface area contributed by atoms with Gasteiger partial charge in [-0.25, -0.2) is 4.79 Å². The Morgan fingerprint density at radius 3 is 2.96 bits per heavy atom. The van der Waals surface area contributed by atoms with Gasteiger partial charge in [-0.05, 0) is 24.5 Å². The van der Waals surface area contributed by atoms with E-state index in [-0.39, 0.29) is 30.0 Å². The molecule has 0 unspecified atom stereocenters. The number of aromatic carboxylic acids is 1. The van der Waals surface area contributed by atoms with Crippen molar-refractivity contribution >= 4 is 12.7 Å². The van der Waals surface area contributed by atoms with Crippen LogP contribution in [0.15, 0.2) is 18.3 Å². The van der Waals surface area contributed by atoms with E-state index < -0.39 is 12.7 Å². The Labute approximate surface area is 143 Å². The van der Waals surface area contributed by atoms with E-state index in [1.54, 1.807) is 16.9 Å². The van der Waals surface area contributed by atoms with Gasteiger partial charge in [-0.1, -0.05) is 24.5 Å². The summed E-state index contributed by atoms with van der Waals surface area (Å²) in [5.74, 6) is -1.25. The molecule has 0 aliphatic carbocycles. The molecule has 134 valence electrons. The molecule has 25 heavy (non-hydrogen) atoms. The van der Waals surface area contributed by atoms with Crippen LogP contribution in [-0.4, -0.2) is 42.9 Å². The maximum absolute atomic E-state index is 11.7. The summed E-state index contributed by atoms with van der Waals surface area (Å²) in [6, 6.07) is 3.20. The Hall–Kier alpha value is -2.59.